The largest absolute Gasteiger partial charge is 0.448 e. The van der Waals surface area contributed by atoms with E-state index in [1.54, 1.807) is 11.8 Å². The number of aryl methyl sites for hydroxylation is 1. The van der Waals surface area contributed by atoms with Crippen molar-refractivity contribution in [3.63, 3.8) is 0 Å². The number of sulfonamides is 1. The molecule has 2 N–H and O–H groups in total. The normalized spacial score (nSPS) is 17.0. The Kier molecular flexibility index (Phi) is 5.25. The van der Waals surface area contributed by atoms with Crippen LogP contribution in [0.25, 0.3) is 0 Å². The quantitative estimate of drug-likeness (QED) is 0.824. The van der Waals surface area contributed by atoms with Crippen molar-refractivity contribution in [1.82, 2.24) is 14.9 Å². The first-order valence-corrected chi connectivity index (χ1v) is 8.85. The Morgan fingerprint density at radius 3 is 2.55 bits per heavy atom. The van der Waals surface area contributed by atoms with Crippen molar-refractivity contribution in [3.05, 3.63) is 17.4 Å². The van der Waals surface area contributed by atoms with Gasteiger partial charge in [0.05, 0.1) is 5.56 Å². The van der Waals surface area contributed by atoms with Gasteiger partial charge in [0.15, 0.2) is 0 Å². The predicted molar refractivity (Wildman–Crippen MR) is 82.2 cm³/mol. The standard InChI is InChI=1S/C14H23N3O4S/c1-10-12(8-13(21-10)22(19,20)16-3)14(18)17-6-4-11(5-7-17)9-15-2/h8,11,15-16H,4-7,9H2,1-3H3. The lowest BCUT2D eigenvalue weighted by Gasteiger charge is -2.31. The molecule has 0 unspecified atom stereocenters. The number of furan rings is 1. The van der Waals surface area contributed by atoms with Crippen LogP contribution in [0.5, 0.6) is 0 Å². The molecule has 1 aromatic heterocycles. The van der Waals surface area contributed by atoms with E-state index < -0.39 is 10.0 Å². The van der Waals surface area contributed by atoms with Crippen LogP contribution in [-0.2, 0) is 10.0 Å². The maximum Gasteiger partial charge on any atom is 0.273 e. The summed E-state index contributed by atoms with van der Waals surface area (Å²) in [6, 6.07) is 1.31. The highest BCUT2D eigenvalue weighted by molar-refractivity contribution is 7.89. The number of piperidine rings is 1. The number of carbonyl (C=O) groups is 1. The number of likely N-dealkylation sites (tertiary alicyclic amines) is 1. The van der Waals surface area contributed by atoms with Crippen LogP contribution in [0.4, 0.5) is 0 Å². The van der Waals surface area contributed by atoms with Gasteiger partial charge < -0.3 is 14.6 Å². The lowest BCUT2D eigenvalue weighted by molar-refractivity contribution is 0.0689. The number of nitrogens with zero attached hydrogens (tertiary/aromatic N) is 1. The topological polar surface area (TPSA) is 91.7 Å². The fraction of sp³-hybridized carbons (Fsp3) is 0.643. The zero-order valence-corrected chi connectivity index (χ0v) is 14.0. The minimum Gasteiger partial charge on any atom is -0.448 e. The Morgan fingerprint density at radius 1 is 1.36 bits per heavy atom. The van der Waals surface area contributed by atoms with Gasteiger partial charge in [0.1, 0.15) is 5.76 Å². The van der Waals surface area contributed by atoms with Gasteiger partial charge in [0.2, 0.25) is 5.09 Å². The lowest BCUT2D eigenvalue weighted by Crippen LogP contribution is -2.40. The number of nitrogens with one attached hydrogen (secondary N) is 2. The van der Waals surface area contributed by atoms with Gasteiger partial charge in [-0.1, -0.05) is 0 Å². The molecular weight excluding hydrogens is 306 g/mol. The summed E-state index contributed by atoms with van der Waals surface area (Å²) < 4.78 is 30.9. The van der Waals surface area contributed by atoms with Crippen LogP contribution < -0.4 is 10.0 Å². The van der Waals surface area contributed by atoms with E-state index in [1.807, 2.05) is 7.05 Å². The summed E-state index contributed by atoms with van der Waals surface area (Å²) in [5, 5.41) is 2.94. The van der Waals surface area contributed by atoms with Crippen LogP contribution in [0.1, 0.15) is 29.0 Å². The van der Waals surface area contributed by atoms with Gasteiger partial charge in [0, 0.05) is 19.2 Å². The molecule has 0 saturated carbocycles. The highest BCUT2D eigenvalue weighted by Gasteiger charge is 2.28. The van der Waals surface area contributed by atoms with Gasteiger partial charge in [-0.25, -0.2) is 13.1 Å². The van der Waals surface area contributed by atoms with E-state index in [1.165, 1.54) is 13.1 Å². The molecule has 1 amide bonds. The number of hydrogen-bond donors (Lipinski definition) is 2. The molecule has 0 bridgehead atoms. The first-order chi connectivity index (χ1) is 10.4. The Labute approximate surface area is 131 Å². The summed E-state index contributed by atoms with van der Waals surface area (Å²) in [6.45, 7) is 3.93. The van der Waals surface area contributed by atoms with Gasteiger partial charge >= 0.3 is 0 Å². The zero-order valence-electron chi connectivity index (χ0n) is 13.2. The SMILES string of the molecule is CNCC1CCN(C(=O)c2cc(S(=O)(=O)NC)oc2C)CC1. The summed E-state index contributed by atoms with van der Waals surface area (Å²) in [5.41, 5.74) is 0.320. The monoisotopic (exact) mass is 329 g/mol. The maximum absolute atomic E-state index is 12.5. The molecule has 124 valence electrons. The van der Waals surface area contributed by atoms with E-state index in [0.29, 0.717) is 30.3 Å². The average Bonchev–Trinajstić information content (AvgIpc) is 2.90. The van der Waals surface area contributed by atoms with Crippen LogP contribution >= 0.6 is 0 Å². The smallest absolute Gasteiger partial charge is 0.273 e. The number of amides is 1. The van der Waals surface area contributed by atoms with Gasteiger partial charge in [-0.15, -0.1) is 0 Å². The van der Waals surface area contributed by atoms with Crippen molar-refractivity contribution in [2.45, 2.75) is 24.9 Å². The fourth-order valence-corrected chi connectivity index (χ4v) is 3.41. The lowest BCUT2D eigenvalue weighted by atomic mass is 9.96. The fourth-order valence-electron chi connectivity index (χ4n) is 2.70. The van der Waals surface area contributed by atoms with Gasteiger partial charge in [-0.2, -0.15) is 0 Å². The molecule has 1 saturated heterocycles. The molecule has 0 spiro atoms. The third kappa shape index (κ3) is 3.50. The molecule has 2 rings (SSSR count). The van der Waals surface area contributed by atoms with Crippen LogP contribution in [0.15, 0.2) is 15.6 Å². The van der Waals surface area contributed by atoms with Gasteiger partial charge in [0.25, 0.3) is 15.9 Å². The second-order valence-electron chi connectivity index (χ2n) is 5.54. The molecule has 1 aliphatic rings. The van der Waals surface area contributed by atoms with Crippen molar-refractivity contribution in [1.29, 1.82) is 0 Å². The Morgan fingerprint density at radius 2 is 2.00 bits per heavy atom. The molecule has 2 heterocycles. The zero-order chi connectivity index (χ0) is 16.3. The second-order valence-corrected chi connectivity index (χ2v) is 7.35. The predicted octanol–water partition coefficient (Wildman–Crippen LogP) is 0.568. The Balaban J connectivity index is 2.11. The summed E-state index contributed by atoms with van der Waals surface area (Å²) in [5.74, 6) is 0.748. The van der Waals surface area contributed by atoms with Gasteiger partial charge in [-0.3, -0.25) is 4.79 Å². The molecule has 8 heteroatoms. The summed E-state index contributed by atoms with van der Waals surface area (Å²) in [7, 11) is -0.442. The number of hydrogen-bond acceptors (Lipinski definition) is 5. The van der Waals surface area contributed by atoms with E-state index in [-0.39, 0.29) is 11.0 Å². The van der Waals surface area contributed by atoms with Gasteiger partial charge in [-0.05, 0) is 46.3 Å². The highest BCUT2D eigenvalue weighted by Crippen LogP contribution is 2.23. The third-order valence-corrected chi connectivity index (χ3v) is 5.32. The molecule has 7 nitrogen and oxygen atoms in total. The summed E-state index contributed by atoms with van der Waals surface area (Å²) in [6.07, 6.45) is 1.90. The van der Waals surface area contributed by atoms with Crippen molar-refractivity contribution < 1.29 is 17.6 Å². The van der Waals surface area contributed by atoms with Crippen molar-refractivity contribution in [2.75, 3.05) is 33.7 Å². The van der Waals surface area contributed by atoms with Crippen molar-refractivity contribution in [3.8, 4) is 0 Å². The summed E-state index contributed by atoms with van der Waals surface area (Å²) >= 11 is 0. The van der Waals surface area contributed by atoms with E-state index >= 15 is 0 Å². The third-order valence-electron chi connectivity index (χ3n) is 4.05. The molecule has 0 radical (unpaired) electrons. The molecule has 0 atom stereocenters. The van der Waals surface area contributed by atoms with Crippen LogP contribution in [-0.4, -0.2) is 53.0 Å². The number of carbonyl (C=O) groups excluding carboxylic acids is 1. The molecule has 1 aliphatic heterocycles. The molecule has 1 aromatic rings. The van der Waals surface area contributed by atoms with E-state index in [9.17, 15) is 13.2 Å². The summed E-state index contributed by atoms with van der Waals surface area (Å²) in [4.78, 5) is 14.3. The molecular formula is C14H23N3O4S. The minimum atomic E-state index is -3.68. The first-order valence-electron chi connectivity index (χ1n) is 7.37. The van der Waals surface area contributed by atoms with E-state index in [4.69, 9.17) is 4.42 Å². The first kappa shape index (κ1) is 17.0. The van der Waals surface area contributed by atoms with E-state index in [0.717, 1.165) is 19.4 Å². The highest BCUT2D eigenvalue weighted by atomic mass is 32.2. The molecule has 0 aromatic carbocycles. The molecule has 22 heavy (non-hydrogen) atoms. The Bertz CT molecular complexity index is 631. The van der Waals surface area contributed by atoms with Crippen molar-refractivity contribution >= 4 is 15.9 Å². The van der Waals surface area contributed by atoms with Crippen LogP contribution in [0.3, 0.4) is 0 Å². The molecule has 1 fully saturated rings. The average molecular weight is 329 g/mol. The van der Waals surface area contributed by atoms with Crippen LogP contribution in [0.2, 0.25) is 0 Å². The maximum atomic E-state index is 12.5. The minimum absolute atomic E-state index is 0.165. The second kappa shape index (κ2) is 6.80. The number of rotatable bonds is 5. The van der Waals surface area contributed by atoms with E-state index in [2.05, 4.69) is 10.0 Å². The van der Waals surface area contributed by atoms with Crippen LogP contribution in [0, 0.1) is 12.8 Å². The Hall–Kier alpha value is -1.38. The molecule has 0 aliphatic carbocycles. The van der Waals surface area contributed by atoms with Crippen molar-refractivity contribution in [2.24, 2.45) is 5.92 Å².